The highest BCUT2D eigenvalue weighted by atomic mass is 16.5. The summed E-state index contributed by atoms with van der Waals surface area (Å²) < 4.78 is 5.27. The van der Waals surface area contributed by atoms with Gasteiger partial charge in [-0.25, -0.2) is 0 Å². The Labute approximate surface area is 139 Å². The zero-order valence-electron chi connectivity index (χ0n) is 14.3. The van der Waals surface area contributed by atoms with Gasteiger partial charge in [-0.05, 0) is 13.3 Å². The van der Waals surface area contributed by atoms with Gasteiger partial charge < -0.3 is 10.5 Å². The minimum atomic E-state index is -0.933. The fourth-order valence-corrected chi connectivity index (χ4v) is 2.49. The van der Waals surface area contributed by atoms with Crippen molar-refractivity contribution in [2.45, 2.75) is 58.4 Å². The monoisotopic (exact) mass is 319 g/mol. The number of ether oxygens (including phenoxy) is 1. The molecular weight excluding hydrogens is 290 g/mol. The first-order chi connectivity index (χ1) is 11.1. The third-order valence-corrected chi connectivity index (χ3v) is 3.86. The van der Waals surface area contributed by atoms with Crippen LogP contribution in [0, 0.1) is 5.92 Å². The zero-order chi connectivity index (χ0) is 17.1. The van der Waals surface area contributed by atoms with Crippen molar-refractivity contribution in [1.82, 2.24) is 0 Å². The molecule has 2 unspecified atom stereocenters. The molecule has 0 bridgehead atoms. The smallest absolute Gasteiger partial charge is 0.318 e. The minimum absolute atomic E-state index is 0.270. The molecule has 2 N–H and O–H groups in total. The Bertz CT molecular complexity index is 471. The fourth-order valence-electron chi connectivity index (χ4n) is 2.49. The van der Waals surface area contributed by atoms with Crippen LogP contribution in [-0.2, 0) is 9.53 Å². The number of Topliss-reactive ketones (excluding diaryl/α,β-unsaturated/α-hetero) is 1. The van der Waals surface area contributed by atoms with Gasteiger partial charge in [-0.2, -0.15) is 0 Å². The van der Waals surface area contributed by atoms with Crippen LogP contribution in [-0.4, -0.2) is 24.4 Å². The predicted octanol–water partition coefficient (Wildman–Crippen LogP) is 3.74. The molecule has 4 nitrogen and oxygen atoms in total. The van der Waals surface area contributed by atoms with Crippen molar-refractivity contribution in [3.05, 3.63) is 35.9 Å². The van der Waals surface area contributed by atoms with Crippen LogP contribution in [0.5, 0.6) is 0 Å². The van der Waals surface area contributed by atoms with Crippen molar-refractivity contribution in [2.24, 2.45) is 11.7 Å². The van der Waals surface area contributed by atoms with Crippen LogP contribution >= 0.6 is 0 Å². The van der Waals surface area contributed by atoms with E-state index in [0.717, 1.165) is 19.3 Å². The average Bonchev–Trinajstić information content (AvgIpc) is 2.54. The second kappa shape index (κ2) is 10.9. The Kier molecular flexibility index (Phi) is 9.22. The second-order valence-electron chi connectivity index (χ2n) is 6.00. The summed E-state index contributed by atoms with van der Waals surface area (Å²) in [6, 6.07) is 8.19. The number of rotatable bonds is 11. The van der Waals surface area contributed by atoms with Crippen LogP contribution in [0.2, 0.25) is 0 Å². The summed E-state index contributed by atoms with van der Waals surface area (Å²) in [5.74, 6) is -1.71. The number of nitrogens with two attached hydrogens (primary N) is 1. The van der Waals surface area contributed by atoms with Crippen LogP contribution < -0.4 is 5.73 Å². The SMILES string of the molecule is CCCCCCCCOC(=O)C(C(=O)c1ccccc1)C(C)N. The van der Waals surface area contributed by atoms with Gasteiger partial charge in [0.1, 0.15) is 5.92 Å². The number of esters is 1. The quantitative estimate of drug-likeness (QED) is 0.292. The fraction of sp³-hybridized carbons (Fsp3) is 0.579. The highest BCUT2D eigenvalue weighted by Gasteiger charge is 2.32. The van der Waals surface area contributed by atoms with Gasteiger partial charge in [0.2, 0.25) is 0 Å². The van der Waals surface area contributed by atoms with Gasteiger partial charge in [0.15, 0.2) is 5.78 Å². The summed E-state index contributed by atoms with van der Waals surface area (Å²) in [4.78, 5) is 24.7. The molecule has 1 aromatic rings. The van der Waals surface area contributed by atoms with E-state index in [2.05, 4.69) is 6.92 Å². The van der Waals surface area contributed by atoms with Crippen molar-refractivity contribution >= 4 is 11.8 Å². The zero-order valence-corrected chi connectivity index (χ0v) is 14.3. The van der Waals surface area contributed by atoms with E-state index < -0.39 is 17.9 Å². The number of carbonyl (C=O) groups is 2. The van der Waals surface area contributed by atoms with Gasteiger partial charge >= 0.3 is 5.97 Å². The van der Waals surface area contributed by atoms with E-state index in [0.29, 0.717) is 12.2 Å². The van der Waals surface area contributed by atoms with E-state index in [4.69, 9.17) is 10.5 Å². The molecular formula is C19H29NO3. The highest BCUT2D eigenvalue weighted by Crippen LogP contribution is 2.14. The highest BCUT2D eigenvalue weighted by molar-refractivity contribution is 6.09. The van der Waals surface area contributed by atoms with E-state index in [-0.39, 0.29) is 5.78 Å². The maximum atomic E-state index is 12.5. The number of ketones is 1. The summed E-state index contributed by atoms with van der Waals surface area (Å²) >= 11 is 0. The normalized spacial score (nSPS) is 13.3. The number of hydrogen-bond donors (Lipinski definition) is 1. The van der Waals surface area contributed by atoms with Crippen LogP contribution in [0.4, 0.5) is 0 Å². The molecule has 0 saturated carbocycles. The van der Waals surface area contributed by atoms with Gasteiger partial charge in [-0.15, -0.1) is 0 Å². The standard InChI is InChI=1S/C19H29NO3/c1-3-4-5-6-7-11-14-23-19(22)17(15(2)20)18(21)16-12-9-8-10-13-16/h8-10,12-13,15,17H,3-7,11,14,20H2,1-2H3. The Balaban J connectivity index is 2.45. The minimum Gasteiger partial charge on any atom is -0.465 e. The molecule has 0 aliphatic heterocycles. The van der Waals surface area contributed by atoms with Gasteiger partial charge in [0.25, 0.3) is 0 Å². The third kappa shape index (κ3) is 6.95. The molecule has 0 spiro atoms. The first-order valence-electron chi connectivity index (χ1n) is 8.59. The summed E-state index contributed by atoms with van der Waals surface area (Å²) in [5, 5.41) is 0. The van der Waals surface area contributed by atoms with E-state index >= 15 is 0 Å². The summed E-state index contributed by atoms with van der Waals surface area (Å²) in [5.41, 5.74) is 6.33. The lowest BCUT2D eigenvalue weighted by Crippen LogP contribution is -2.40. The number of unbranched alkanes of at least 4 members (excludes halogenated alkanes) is 5. The molecule has 0 aromatic heterocycles. The lowest BCUT2D eigenvalue weighted by molar-refractivity contribution is -0.147. The van der Waals surface area contributed by atoms with Crippen molar-refractivity contribution in [3.8, 4) is 0 Å². The lowest BCUT2D eigenvalue weighted by atomic mass is 9.92. The molecule has 0 aliphatic rings. The van der Waals surface area contributed by atoms with E-state index in [1.807, 2.05) is 6.07 Å². The summed E-state index contributed by atoms with van der Waals surface area (Å²) in [6.45, 7) is 4.20. The van der Waals surface area contributed by atoms with Gasteiger partial charge in [-0.1, -0.05) is 69.4 Å². The van der Waals surface area contributed by atoms with Crippen LogP contribution in [0.25, 0.3) is 0 Å². The van der Waals surface area contributed by atoms with E-state index in [9.17, 15) is 9.59 Å². The molecule has 0 saturated heterocycles. The van der Waals surface area contributed by atoms with Gasteiger partial charge in [0, 0.05) is 11.6 Å². The first-order valence-corrected chi connectivity index (χ1v) is 8.59. The lowest BCUT2D eigenvalue weighted by Gasteiger charge is -2.18. The predicted molar refractivity (Wildman–Crippen MR) is 92.2 cm³/mol. The maximum Gasteiger partial charge on any atom is 0.318 e. The molecule has 23 heavy (non-hydrogen) atoms. The first kappa shape index (κ1) is 19.4. The van der Waals surface area contributed by atoms with Crippen molar-refractivity contribution in [2.75, 3.05) is 6.61 Å². The van der Waals surface area contributed by atoms with Crippen molar-refractivity contribution < 1.29 is 14.3 Å². The Hall–Kier alpha value is -1.68. The average molecular weight is 319 g/mol. The Morgan fingerprint density at radius 2 is 1.65 bits per heavy atom. The third-order valence-electron chi connectivity index (χ3n) is 3.86. The number of benzene rings is 1. The van der Waals surface area contributed by atoms with E-state index in [1.165, 1.54) is 19.3 Å². The number of carbonyl (C=O) groups excluding carboxylic acids is 2. The van der Waals surface area contributed by atoms with Crippen molar-refractivity contribution in [3.63, 3.8) is 0 Å². The molecule has 4 heteroatoms. The molecule has 0 aliphatic carbocycles. The molecule has 0 amide bonds. The summed E-state index contributed by atoms with van der Waals surface area (Å²) in [6.07, 6.45) is 6.72. The van der Waals surface area contributed by atoms with Crippen molar-refractivity contribution in [1.29, 1.82) is 0 Å². The van der Waals surface area contributed by atoms with Crippen LogP contribution in [0.15, 0.2) is 30.3 Å². The molecule has 0 heterocycles. The second-order valence-corrected chi connectivity index (χ2v) is 6.00. The maximum absolute atomic E-state index is 12.5. The van der Waals surface area contributed by atoms with Crippen LogP contribution in [0.3, 0.4) is 0 Å². The molecule has 1 aromatic carbocycles. The molecule has 0 radical (unpaired) electrons. The molecule has 1 rings (SSSR count). The largest absolute Gasteiger partial charge is 0.465 e. The number of hydrogen-bond acceptors (Lipinski definition) is 4. The van der Waals surface area contributed by atoms with E-state index in [1.54, 1.807) is 31.2 Å². The molecule has 128 valence electrons. The molecule has 2 atom stereocenters. The van der Waals surface area contributed by atoms with Gasteiger partial charge in [0.05, 0.1) is 6.61 Å². The topological polar surface area (TPSA) is 69.4 Å². The van der Waals surface area contributed by atoms with Crippen LogP contribution in [0.1, 0.15) is 62.7 Å². The Morgan fingerprint density at radius 1 is 1.04 bits per heavy atom. The Morgan fingerprint density at radius 3 is 2.26 bits per heavy atom. The van der Waals surface area contributed by atoms with Gasteiger partial charge in [-0.3, -0.25) is 9.59 Å². The summed E-state index contributed by atoms with van der Waals surface area (Å²) in [7, 11) is 0. The molecule has 0 fully saturated rings.